The van der Waals surface area contributed by atoms with E-state index in [-0.39, 0.29) is 5.56 Å². The molecule has 0 radical (unpaired) electrons. The van der Waals surface area contributed by atoms with E-state index < -0.39 is 0 Å². The van der Waals surface area contributed by atoms with E-state index in [2.05, 4.69) is 20.2 Å². The molecule has 3 aromatic rings. The molecule has 6 nitrogen and oxygen atoms in total. The van der Waals surface area contributed by atoms with Gasteiger partial charge < -0.3 is 9.40 Å². The van der Waals surface area contributed by atoms with Gasteiger partial charge in [-0.15, -0.1) is 21.5 Å². The number of hydrogen-bond acceptors (Lipinski definition) is 7. The summed E-state index contributed by atoms with van der Waals surface area (Å²) < 4.78 is 5.59. The maximum absolute atomic E-state index is 12.2. The summed E-state index contributed by atoms with van der Waals surface area (Å²) in [6, 6.07) is 0. The third-order valence-corrected chi connectivity index (χ3v) is 5.70. The third-order valence-electron chi connectivity index (χ3n) is 3.77. The summed E-state index contributed by atoms with van der Waals surface area (Å²) in [7, 11) is 0. The van der Waals surface area contributed by atoms with Crippen LogP contribution in [-0.2, 0) is 5.75 Å². The standard InChI is InChI=1S/C14H14N4O2S2/c1-6-7(2)22-13-10(6)11(19)15-9(16-13)5-21-14-18-17-12(20-14)8-3-4-8/h8H,3-5H2,1-2H3,(H,15,16,19). The number of thioether (sulfide) groups is 1. The molecule has 3 heterocycles. The zero-order chi connectivity index (χ0) is 15.3. The van der Waals surface area contributed by atoms with Crippen LogP contribution in [0, 0.1) is 13.8 Å². The van der Waals surface area contributed by atoms with Gasteiger partial charge in [0.2, 0.25) is 5.89 Å². The average molecular weight is 334 g/mol. The summed E-state index contributed by atoms with van der Waals surface area (Å²) in [6.07, 6.45) is 2.27. The number of fused-ring (bicyclic) bond motifs is 1. The van der Waals surface area contributed by atoms with Crippen LogP contribution in [0.1, 0.15) is 40.9 Å². The molecular weight excluding hydrogens is 320 g/mol. The Hall–Kier alpha value is -1.67. The number of nitrogens with zero attached hydrogens (tertiary/aromatic N) is 3. The van der Waals surface area contributed by atoms with Crippen molar-refractivity contribution >= 4 is 33.3 Å². The molecule has 1 aliphatic rings. The Morgan fingerprint density at radius 1 is 1.36 bits per heavy atom. The number of aromatic amines is 1. The van der Waals surface area contributed by atoms with E-state index in [1.54, 1.807) is 11.3 Å². The third kappa shape index (κ3) is 2.46. The van der Waals surface area contributed by atoms with E-state index in [1.807, 2.05) is 13.8 Å². The molecule has 4 rings (SSSR count). The predicted octanol–water partition coefficient (Wildman–Crippen LogP) is 3.15. The highest BCUT2D eigenvalue weighted by atomic mass is 32.2. The van der Waals surface area contributed by atoms with Crippen molar-refractivity contribution in [2.45, 2.75) is 43.6 Å². The smallest absolute Gasteiger partial charge is 0.277 e. The van der Waals surface area contributed by atoms with Crippen LogP contribution in [0.5, 0.6) is 0 Å². The molecule has 0 amide bonds. The first-order valence-electron chi connectivity index (χ1n) is 7.07. The Morgan fingerprint density at radius 3 is 2.95 bits per heavy atom. The maximum atomic E-state index is 12.2. The van der Waals surface area contributed by atoms with Crippen LogP contribution in [0.25, 0.3) is 10.2 Å². The van der Waals surface area contributed by atoms with Crippen LogP contribution in [0.15, 0.2) is 14.4 Å². The molecular formula is C14H14N4O2S2. The molecule has 3 aromatic heterocycles. The lowest BCUT2D eigenvalue weighted by Crippen LogP contribution is -2.10. The van der Waals surface area contributed by atoms with Crippen molar-refractivity contribution in [1.29, 1.82) is 0 Å². The van der Waals surface area contributed by atoms with Crippen LogP contribution < -0.4 is 5.56 Å². The monoisotopic (exact) mass is 334 g/mol. The molecule has 0 saturated heterocycles. The number of aryl methyl sites for hydroxylation is 2. The molecule has 1 N–H and O–H groups in total. The van der Waals surface area contributed by atoms with Crippen molar-refractivity contribution in [2.24, 2.45) is 0 Å². The largest absolute Gasteiger partial charge is 0.416 e. The minimum Gasteiger partial charge on any atom is -0.416 e. The highest BCUT2D eigenvalue weighted by Crippen LogP contribution is 2.40. The fraction of sp³-hybridized carbons (Fsp3) is 0.429. The molecule has 0 atom stereocenters. The quantitative estimate of drug-likeness (QED) is 0.738. The molecule has 0 aliphatic heterocycles. The number of aromatic nitrogens is 4. The molecule has 0 spiro atoms. The van der Waals surface area contributed by atoms with Crippen molar-refractivity contribution in [3.05, 3.63) is 32.5 Å². The van der Waals surface area contributed by atoms with Crippen molar-refractivity contribution in [2.75, 3.05) is 0 Å². The van der Waals surface area contributed by atoms with Crippen LogP contribution in [-0.4, -0.2) is 20.2 Å². The van der Waals surface area contributed by atoms with Gasteiger partial charge in [0.25, 0.3) is 10.8 Å². The van der Waals surface area contributed by atoms with Crippen molar-refractivity contribution in [1.82, 2.24) is 20.2 Å². The minimum absolute atomic E-state index is 0.0772. The molecule has 22 heavy (non-hydrogen) atoms. The van der Waals surface area contributed by atoms with Gasteiger partial charge in [0.15, 0.2) is 0 Å². The van der Waals surface area contributed by atoms with Crippen LogP contribution in [0.4, 0.5) is 0 Å². The van der Waals surface area contributed by atoms with Crippen LogP contribution in [0.3, 0.4) is 0 Å². The number of thiophene rings is 1. The van der Waals surface area contributed by atoms with Gasteiger partial charge in [-0.25, -0.2) is 4.98 Å². The van der Waals surface area contributed by atoms with Crippen molar-refractivity contribution in [3.8, 4) is 0 Å². The van der Waals surface area contributed by atoms with Crippen LogP contribution >= 0.6 is 23.1 Å². The second-order valence-corrected chi connectivity index (χ2v) is 7.57. The normalized spacial score (nSPS) is 14.8. The minimum atomic E-state index is -0.0772. The molecule has 0 unspecified atom stereocenters. The van der Waals surface area contributed by atoms with Gasteiger partial charge in [-0.2, -0.15) is 0 Å². The number of rotatable bonds is 4. The Labute approximate surface area is 134 Å². The predicted molar refractivity (Wildman–Crippen MR) is 85.5 cm³/mol. The Bertz CT molecular complexity index is 907. The molecule has 1 fully saturated rings. The first-order chi connectivity index (χ1) is 10.6. The van der Waals surface area contributed by atoms with Crippen molar-refractivity contribution < 1.29 is 4.42 Å². The number of H-pyrrole nitrogens is 1. The topological polar surface area (TPSA) is 84.7 Å². The van der Waals surface area contributed by atoms with Gasteiger partial charge in [0.1, 0.15) is 10.7 Å². The lowest BCUT2D eigenvalue weighted by molar-refractivity contribution is 0.414. The molecule has 1 aliphatic carbocycles. The summed E-state index contributed by atoms with van der Waals surface area (Å²) in [6.45, 7) is 3.96. The van der Waals surface area contributed by atoms with Crippen LogP contribution in [0.2, 0.25) is 0 Å². The molecule has 1 saturated carbocycles. The molecule has 0 bridgehead atoms. The zero-order valence-electron chi connectivity index (χ0n) is 12.2. The first-order valence-corrected chi connectivity index (χ1v) is 8.87. The Kier molecular flexibility index (Phi) is 3.30. The van der Waals surface area contributed by atoms with Gasteiger partial charge >= 0.3 is 0 Å². The lowest BCUT2D eigenvalue weighted by Gasteiger charge is -1.98. The van der Waals surface area contributed by atoms with E-state index in [0.29, 0.717) is 28.1 Å². The number of nitrogens with one attached hydrogen (secondary N) is 1. The summed E-state index contributed by atoms with van der Waals surface area (Å²) >= 11 is 2.95. The lowest BCUT2D eigenvalue weighted by atomic mass is 10.2. The van der Waals surface area contributed by atoms with Gasteiger partial charge in [0.05, 0.1) is 11.1 Å². The second-order valence-electron chi connectivity index (χ2n) is 5.45. The molecule has 0 aromatic carbocycles. The van der Waals surface area contributed by atoms with Crippen molar-refractivity contribution in [3.63, 3.8) is 0 Å². The van der Waals surface area contributed by atoms with Gasteiger partial charge in [-0.3, -0.25) is 4.79 Å². The molecule has 114 valence electrons. The average Bonchev–Trinajstić information content (AvgIpc) is 3.15. The summed E-state index contributed by atoms with van der Waals surface area (Å²) in [5.41, 5.74) is 0.936. The van der Waals surface area contributed by atoms with Gasteiger partial charge in [-0.05, 0) is 32.3 Å². The van der Waals surface area contributed by atoms with E-state index in [9.17, 15) is 4.79 Å². The Morgan fingerprint density at radius 2 is 2.18 bits per heavy atom. The van der Waals surface area contributed by atoms with E-state index in [0.717, 1.165) is 34.0 Å². The maximum Gasteiger partial charge on any atom is 0.277 e. The first kappa shape index (κ1) is 14.0. The summed E-state index contributed by atoms with van der Waals surface area (Å²) in [5, 5.41) is 9.30. The second kappa shape index (κ2) is 5.20. The Balaban J connectivity index is 1.57. The van der Waals surface area contributed by atoms with E-state index in [4.69, 9.17) is 4.42 Å². The van der Waals surface area contributed by atoms with E-state index in [1.165, 1.54) is 11.8 Å². The highest BCUT2D eigenvalue weighted by molar-refractivity contribution is 7.98. The van der Waals surface area contributed by atoms with Gasteiger partial charge in [0, 0.05) is 10.8 Å². The van der Waals surface area contributed by atoms with Gasteiger partial charge in [-0.1, -0.05) is 11.8 Å². The number of hydrogen-bond donors (Lipinski definition) is 1. The summed E-state index contributed by atoms with van der Waals surface area (Å²) in [5.74, 6) is 2.32. The highest BCUT2D eigenvalue weighted by Gasteiger charge is 2.29. The summed E-state index contributed by atoms with van der Waals surface area (Å²) in [4.78, 5) is 21.5. The van der Waals surface area contributed by atoms with E-state index >= 15 is 0 Å². The zero-order valence-corrected chi connectivity index (χ0v) is 13.8. The fourth-order valence-corrected chi connectivity index (χ4v) is 3.96. The SMILES string of the molecule is Cc1sc2nc(CSc3nnc(C4CC4)o3)[nH]c(=O)c2c1C. The fourth-order valence-electron chi connectivity index (χ4n) is 2.27. The molecule has 8 heteroatoms.